The van der Waals surface area contributed by atoms with Crippen LogP contribution in [0.4, 0.5) is 0 Å². The molecule has 0 aliphatic carbocycles. The van der Waals surface area contributed by atoms with Crippen molar-refractivity contribution < 1.29 is 4.74 Å². The Hall–Kier alpha value is -0.870. The van der Waals surface area contributed by atoms with Crippen molar-refractivity contribution >= 4 is 0 Å². The molecular weight excluding hydrogens is 238 g/mol. The Labute approximate surface area is 117 Å². The summed E-state index contributed by atoms with van der Waals surface area (Å²) >= 11 is 0. The maximum Gasteiger partial charge on any atom is 0.0630 e. The molecular formula is C15H29N3O. The monoisotopic (exact) mass is 267 g/mol. The summed E-state index contributed by atoms with van der Waals surface area (Å²) in [6.07, 6.45) is 6.19. The molecule has 1 heterocycles. The molecule has 1 atom stereocenters. The number of aromatic nitrogens is 2. The summed E-state index contributed by atoms with van der Waals surface area (Å²) in [5, 5.41) is 7.88. The lowest BCUT2D eigenvalue weighted by Gasteiger charge is -2.25. The molecule has 0 bridgehead atoms. The Morgan fingerprint density at radius 3 is 2.63 bits per heavy atom. The predicted octanol–water partition coefficient (Wildman–Crippen LogP) is 2.63. The van der Waals surface area contributed by atoms with Gasteiger partial charge >= 0.3 is 0 Å². The lowest BCUT2D eigenvalue weighted by molar-refractivity contribution is -0.0143. The second-order valence-corrected chi connectivity index (χ2v) is 5.98. The Kier molecular flexibility index (Phi) is 6.52. The average Bonchev–Trinajstić information content (AvgIpc) is 2.79. The molecule has 1 rings (SSSR count). The van der Waals surface area contributed by atoms with Crippen LogP contribution in [-0.2, 0) is 17.7 Å². The number of nitrogens with one attached hydrogen (secondary N) is 1. The Morgan fingerprint density at radius 1 is 1.37 bits per heavy atom. The van der Waals surface area contributed by atoms with E-state index >= 15 is 0 Å². The highest BCUT2D eigenvalue weighted by Crippen LogP contribution is 2.10. The van der Waals surface area contributed by atoms with Crippen LogP contribution in [-0.4, -0.2) is 34.6 Å². The summed E-state index contributed by atoms with van der Waals surface area (Å²) in [6, 6.07) is 0.355. The zero-order chi connectivity index (χ0) is 14.3. The number of hydrogen-bond acceptors (Lipinski definition) is 3. The molecule has 1 N–H and O–H groups in total. The third-order valence-electron chi connectivity index (χ3n) is 2.89. The van der Waals surface area contributed by atoms with E-state index in [0.29, 0.717) is 6.04 Å². The fourth-order valence-corrected chi connectivity index (χ4v) is 1.86. The lowest BCUT2D eigenvalue weighted by Crippen LogP contribution is -2.38. The smallest absolute Gasteiger partial charge is 0.0630 e. The number of rotatable bonds is 8. The largest absolute Gasteiger partial charge is 0.374 e. The first-order valence-electron chi connectivity index (χ1n) is 7.33. The molecule has 0 aromatic carbocycles. The van der Waals surface area contributed by atoms with Crippen LogP contribution in [0.3, 0.4) is 0 Å². The van der Waals surface area contributed by atoms with Gasteiger partial charge in [-0.15, -0.1) is 0 Å². The summed E-state index contributed by atoms with van der Waals surface area (Å²) in [6.45, 7) is 13.3. The maximum absolute atomic E-state index is 5.90. The summed E-state index contributed by atoms with van der Waals surface area (Å²) in [5.41, 5.74) is 1.19. The minimum atomic E-state index is -0.0836. The van der Waals surface area contributed by atoms with Gasteiger partial charge in [-0.1, -0.05) is 6.92 Å². The van der Waals surface area contributed by atoms with Crippen molar-refractivity contribution in [1.82, 2.24) is 15.1 Å². The van der Waals surface area contributed by atoms with Crippen molar-refractivity contribution in [2.45, 2.75) is 65.6 Å². The lowest BCUT2D eigenvalue weighted by atomic mass is 10.1. The van der Waals surface area contributed by atoms with Crippen LogP contribution in [0.25, 0.3) is 0 Å². The van der Waals surface area contributed by atoms with Crippen LogP contribution in [0.2, 0.25) is 0 Å². The summed E-state index contributed by atoms with van der Waals surface area (Å²) in [4.78, 5) is 0. The predicted molar refractivity (Wildman–Crippen MR) is 79.4 cm³/mol. The van der Waals surface area contributed by atoms with E-state index in [2.05, 4.69) is 51.2 Å². The zero-order valence-electron chi connectivity index (χ0n) is 13.1. The fourth-order valence-electron chi connectivity index (χ4n) is 1.86. The fraction of sp³-hybridized carbons (Fsp3) is 0.800. The Morgan fingerprint density at radius 2 is 2.11 bits per heavy atom. The Bertz CT molecular complexity index is 355. The third-order valence-corrected chi connectivity index (χ3v) is 2.89. The van der Waals surface area contributed by atoms with Crippen molar-refractivity contribution in [3.8, 4) is 0 Å². The van der Waals surface area contributed by atoms with Gasteiger partial charge in [0, 0.05) is 18.8 Å². The summed E-state index contributed by atoms with van der Waals surface area (Å²) in [5.74, 6) is 0. The van der Waals surface area contributed by atoms with Crippen LogP contribution < -0.4 is 5.32 Å². The molecule has 0 fully saturated rings. The molecule has 0 aliphatic rings. The van der Waals surface area contributed by atoms with Crippen LogP contribution in [0.1, 0.15) is 46.6 Å². The van der Waals surface area contributed by atoms with Crippen LogP contribution in [0.5, 0.6) is 0 Å². The average molecular weight is 267 g/mol. The van der Waals surface area contributed by atoms with Crippen molar-refractivity contribution in [2.75, 3.05) is 13.2 Å². The first kappa shape index (κ1) is 16.2. The second kappa shape index (κ2) is 7.65. The van der Waals surface area contributed by atoms with Gasteiger partial charge in [-0.25, -0.2) is 0 Å². The van der Waals surface area contributed by atoms with E-state index < -0.39 is 0 Å². The highest BCUT2D eigenvalue weighted by Gasteiger charge is 2.16. The number of nitrogens with zero attached hydrogens (tertiary/aromatic N) is 2. The highest BCUT2D eigenvalue weighted by atomic mass is 16.5. The molecule has 4 nitrogen and oxygen atoms in total. The van der Waals surface area contributed by atoms with E-state index in [4.69, 9.17) is 4.74 Å². The Balaban J connectivity index is 2.52. The minimum Gasteiger partial charge on any atom is -0.374 e. The molecule has 110 valence electrons. The van der Waals surface area contributed by atoms with E-state index in [1.807, 2.05) is 10.9 Å². The normalized spacial score (nSPS) is 13.7. The standard InChI is InChI=1S/C15H29N3O/c1-6-8-16-14(12-19-15(3,4)5)9-13-10-17-18(7-2)11-13/h10-11,14,16H,6-9,12H2,1-5H3. The van der Waals surface area contributed by atoms with E-state index in [9.17, 15) is 0 Å². The summed E-state index contributed by atoms with van der Waals surface area (Å²) < 4.78 is 7.87. The van der Waals surface area contributed by atoms with E-state index in [0.717, 1.165) is 32.5 Å². The topological polar surface area (TPSA) is 39.1 Å². The molecule has 0 amide bonds. The van der Waals surface area contributed by atoms with Gasteiger partial charge in [0.2, 0.25) is 0 Å². The number of ether oxygens (including phenoxy) is 1. The summed E-state index contributed by atoms with van der Waals surface area (Å²) in [7, 11) is 0. The molecule has 0 spiro atoms. The first-order chi connectivity index (χ1) is 8.94. The van der Waals surface area contributed by atoms with Gasteiger partial charge in [0.05, 0.1) is 18.4 Å². The van der Waals surface area contributed by atoms with Crippen molar-refractivity contribution in [3.63, 3.8) is 0 Å². The van der Waals surface area contributed by atoms with Crippen LogP contribution >= 0.6 is 0 Å². The molecule has 1 unspecified atom stereocenters. The van der Waals surface area contributed by atoms with Crippen molar-refractivity contribution in [3.05, 3.63) is 18.0 Å². The van der Waals surface area contributed by atoms with Crippen molar-refractivity contribution in [2.24, 2.45) is 0 Å². The molecule has 0 radical (unpaired) electrons. The molecule has 1 aromatic heterocycles. The number of aryl methyl sites for hydroxylation is 1. The molecule has 1 aromatic rings. The zero-order valence-corrected chi connectivity index (χ0v) is 13.1. The van der Waals surface area contributed by atoms with E-state index in [-0.39, 0.29) is 5.60 Å². The van der Waals surface area contributed by atoms with Gasteiger partial charge in [-0.3, -0.25) is 4.68 Å². The van der Waals surface area contributed by atoms with Crippen LogP contribution in [0.15, 0.2) is 12.4 Å². The van der Waals surface area contributed by atoms with E-state index in [1.54, 1.807) is 0 Å². The molecule has 0 saturated carbocycles. The van der Waals surface area contributed by atoms with Gasteiger partial charge in [-0.05, 0) is 52.6 Å². The SMILES string of the molecule is CCCNC(COC(C)(C)C)Cc1cnn(CC)c1. The second-order valence-electron chi connectivity index (χ2n) is 5.98. The van der Waals surface area contributed by atoms with Gasteiger partial charge < -0.3 is 10.1 Å². The molecule has 0 aliphatic heterocycles. The quantitative estimate of drug-likeness (QED) is 0.787. The molecule has 19 heavy (non-hydrogen) atoms. The first-order valence-corrected chi connectivity index (χ1v) is 7.33. The minimum absolute atomic E-state index is 0.0836. The van der Waals surface area contributed by atoms with Crippen LogP contribution in [0, 0.1) is 0 Å². The molecule has 4 heteroatoms. The molecule has 0 saturated heterocycles. The van der Waals surface area contributed by atoms with E-state index in [1.165, 1.54) is 5.56 Å². The van der Waals surface area contributed by atoms with Crippen molar-refractivity contribution in [1.29, 1.82) is 0 Å². The van der Waals surface area contributed by atoms with Gasteiger partial charge in [0.25, 0.3) is 0 Å². The van der Waals surface area contributed by atoms with Gasteiger partial charge in [0.15, 0.2) is 0 Å². The maximum atomic E-state index is 5.90. The third kappa shape index (κ3) is 6.73. The van der Waals surface area contributed by atoms with Gasteiger partial charge in [-0.2, -0.15) is 5.10 Å². The number of hydrogen-bond donors (Lipinski definition) is 1. The highest BCUT2D eigenvalue weighted by molar-refractivity contribution is 5.06. The van der Waals surface area contributed by atoms with Gasteiger partial charge in [0.1, 0.15) is 0 Å².